The Morgan fingerprint density at radius 2 is 2.19 bits per heavy atom. The Hall–Kier alpha value is -0.710. The Labute approximate surface area is 100 Å². The quantitative estimate of drug-likeness (QED) is 0.770. The van der Waals surface area contributed by atoms with E-state index in [1.807, 2.05) is 13.8 Å². The Morgan fingerprint density at radius 1 is 1.50 bits per heavy atom. The van der Waals surface area contributed by atoms with Crippen molar-refractivity contribution in [3.05, 3.63) is 0 Å². The van der Waals surface area contributed by atoms with E-state index in [1.165, 1.54) is 0 Å². The zero-order chi connectivity index (χ0) is 12.1. The fourth-order valence-electron chi connectivity index (χ4n) is 1.74. The maximum atomic E-state index is 11.7. The van der Waals surface area contributed by atoms with Crippen LogP contribution in [0.3, 0.4) is 0 Å². The number of amides is 1. The molecule has 1 saturated heterocycles. The fourth-order valence-corrected chi connectivity index (χ4v) is 2.91. The first kappa shape index (κ1) is 13.4. The molecule has 5 heteroatoms. The lowest BCUT2D eigenvalue weighted by Crippen LogP contribution is -2.44. The average Bonchev–Trinajstić information content (AvgIpc) is 2.68. The molecule has 0 spiro atoms. The molecular weight excluding hydrogens is 226 g/mol. The minimum atomic E-state index is -0.940. The van der Waals surface area contributed by atoms with E-state index in [4.69, 9.17) is 5.11 Å². The molecule has 1 fully saturated rings. The van der Waals surface area contributed by atoms with Gasteiger partial charge in [-0.1, -0.05) is 13.8 Å². The van der Waals surface area contributed by atoms with Gasteiger partial charge < -0.3 is 10.4 Å². The number of hydrogen-bond donors (Lipinski definition) is 2. The van der Waals surface area contributed by atoms with Gasteiger partial charge in [-0.3, -0.25) is 4.79 Å². The highest BCUT2D eigenvalue weighted by Crippen LogP contribution is 2.26. The maximum absolute atomic E-state index is 11.7. The molecule has 0 bridgehead atoms. The first-order valence-electron chi connectivity index (χ1n) is 5.65. The standard InChI is InChI=1S/C11H19NO3S/c1-7(2)6-8(11(14)15)12-10(13)9-4-3-5-16-9/h7-9H,3-6H2,1-2H3,(H,12,13)(H,14,15). The molecule has 1 aliphatic heterocycles. The Morgan fingerprint density at radius 3 is 2.62 bits per heavy atom. The summed E-state index contributed by atoms with van der Waals surface area (Å²) in [6, 6.07) is -0.742. The third-order valence-electron chi connectivity index (χ3n) is 2.54. The summed E-state index contributed by atoms with van der Waals surface area (Å²) in [5.41, 5.74) is 0. The minimum absolute atomic E-state index is 0.0472. The van der Waals surface area contributed by atoms with E-state index >= 15 is 0 Å². The van der Waals surface area contributed by atoms with E-state index in [9.17, 15) is 9.59 Å². The lowest BCUT2D eigenvalue weighted by atomic mass is 10.0. The van der Waals surface area contributed by atoms with Crippen molar-refractivity contribution < 1.29 is 14.7 Å². The number of rotatable bonds is 5. The molecule has 16 heavy (non-hydrogen) atoms. The van der Waals surface area contributed by atoms with Gasteiger partial charge in [0, 0.05) is 0 Å². The first-order valence-corrected chi connectivity index (χ1v) is 6.70. The summed E-state index contributed by atoms with van der Waals surface area (Å²) in [7, 11) is 0. The second-order valence-corrected chi connectivity index (χ2v) is 5.84. The van der Waals surface area contributed by atoms with Gasteiger partial charge >= 0.3 is 5.97 Å². The normalized spacial score (nSPS) is 22.1. The highest BCUT2D eigenvalue weighted by Gasteiger charge is 2.28. The van der Waals surface area contributed by atoms with Gasteiger partial charge in [-0.05, 0) is 30.9 Å². The van der Waals surface area contributed by atoms with Gasteiger partial charge in [-0.25, -0.2) is 4.79 Å². The van der Waals surface area contributed by atoms with Crippen molar-refractivity contribution in [1.82, 2.24) is 5.32 Å². The van der Waals surface area contributed by atoms with Crippen LogP contribution in [0.25, 0.3) is 0 Å². The second-order valence-electron chi connectivity index (χ2n) is 4.53. The summed E-state index contributed by atoms with van der Waals surface area (Å²) in [4.78, 5) is 22.7. The monoisotopic (exact) mass is 245 g/mol. The molecule has 0 aromatic carbocycles. The SMILES string of the molecule is CC(C)CC(NC(=O)C1CCCS1)C(=O)O. The highest BCUT2D eigenvalue weighted by atomic mass is 32.2. The molecule has 2 atom stereocenters. The predicted octanol–water partition coefficient (Wildman–Crippen LogP) is 1.50. The molecule has 0 radical (unpaired) electrons. The molecule has 2 unspecified atom stereocenters. The van der Waals surface area contributed by atoms with Crippen LogP contribution < -0.4 is 5.32 Å². The van der Waals surface area contributed by atoms with E-state index in [-0.39, 0.29) is 17.1 Å². The predicted molar refractivity (Wildman–Crippen MR) is 64.5 cm³/mol. The molecule has 2 N–H and O–H groups in total. The summed E-state index contributed by atoms with van der Waals surface area (Å²) >= 11 is 1.62. The molecule has 1 amide bonds. The van der Waals surface area contributed by atoms with E-state index in [2.05, 4.69) is 5.32 Å². The number of aliphatic carboxylic acids is 1. The minimum Gasteiger partial charge on any atom is -0.480 e. The molecule has 1 heterocycles. The van der Waals surface area contributed by atoms with Crippen molar-refractivity contribution in [2.24, 2.45) is 5.92 Å². The fraction of sp³-hybridized carbons (Fsp3) is 0.818. The number of carboxylic acid groups (broad SMARTS) is 1. The molecule has 92 valence electrons. The number of thioether (sulfide) groups is 1. The number of carboxylic acids is 1. The van der Waals surface area contributed by atoms with Crippen LogP contribution in [-0.2, 0) is 9.59 Å². The molecule has 0 saturated carbocycles. The Balaban J connectivity index is 2.47. The first-order chi connectivity index (χ1) is 7.50. The van der Waals surface area contributed by atoms with Crippen LogP contribution in [0, 0.1) is 5.92 Å². The van der Waals surface area contributed by atoms with Crippen molar-refractivity contribution in [2.45, 2.75) is 44.4 Å². The van der Waals surface area contributed by atoms with Gasteiger partial charge in [0.15, 0.2) is 0 Å². The van der Waals surface area contributed by atoms with E-state index in [0.717, 1.165) is 18.6 Å². The van der Waals surface area contributed by atoms with Crippen LogP contribution in [0.5, 0.6) is 0 Å². The summed E-state index contributed by atoms with van der Waals surface area (Å²) < 4.78 is 0. The van der Waals surface area contributed by atoms with Gasteiger partial charge in [0.1, 0.15) is 6.04 Å². The zero-order valence-electron chi connectivity index (χ0n) is 9.73. The van der Waals surface area contributed by atoms with Crippen molar-refractivity contribution in [1.29, 1.82) is 0 Å². The van der Waals surface area contributed by atoms with Crippen LogP contribution in [-0.4, -0.2) is 34.0 Å². The van der Waals surface area contributed by atoms with Crippen LogP contribution in [0.1, 0.15) is 33.1 Å². The smallest absolute Gasteiger partial charge is 0.326 e. The number of nitrogens with one attached hydrogen (secondary N) is 1. The lowest BCUT2D eigenvalue weighted by molar-refractivity contribution is -0.142. The summed E-state index contributed by atoms with van der Waals surface area (Å²) in [6.07, 6.45) is 2.40. The zero-order valence-corrected chi connectivity index (χ0v) is 10.5. The number of carbonyl (C=O) groups excluding carboxylic acids is 1. The number of hydrogen-bond acceptors (Lipinski definition) is 3. The molecule has 0 aliphatic carbocycles. The van der Waals surface area contributed by atoms with Gasteiger partial charge in [0.05, 0.1) is 5.25 Å². The van der Waals surface area contributed by atoms with Crippen molar-refractivity contribution >= 4 is 23.6 Å². The summed E-state index contributed by atoms with van der Waals surface area (Å²) in [6.45, 7) is 3.90. The van der Waals surface area contributed by atoms with Gasteiger partial charge in [-0.2, -0.15) is 0 Å². The van der Waals surface area contributed by atoms with E-state index in [0.29, 0.717) is 6.42 Å². The second kappa shape index (κ2) is 6.13. The number of carbonyl (C=O) groups is 2. The van der Waals surface area contributed by atoms with Crippen molar-refractivity contribution in [3.63, 3.8) is 0 Å². The Bertz CT molecular complexity index is 262. The molecule has 1 aliphatic rings. The van der Waals surface area contributed by atoms with Gasteiger partial charge in [-0.15, -0.1) is 11.8 Å². The lowest BCUT2D eigenvalue weighted by Gasteiger charge is -2.18. The third-order valence-corrected chi connectivity index (χ3v) is 3.92. The molecule has 4 nitrogen and oxygen atoms in total. The van der Waals surface area contributed by atoms with Crippen LogP contribution in [0.4, 0.5) is 0 Å². The summed E-state index contributed by atoms with van der Waals surface area (Å²) in [5.74, 6) is 0.207. The molecule has 0 aromatic heterocycles. The maximum Gasteiger partial charge on any atom is 0.326 e. The molecular formula is C11H19NO3S. The van der Waals surface area contributed by atoms with E-state index < -0.39 is 12.0 Å². The van der Waals surface area contributed by atoms with Gasteiger partial charge in [0.25, 0.3) is 0 Å². The van der Waals surface area contributed by atoms with E-state index in [1.54, 1.807) is 11.8 Å². The summed E-state index contributed by atoms with van der Waals surface area (Å²) in [5, 5.41) is 11.6. The van der Waals surface area contributed by atoms with Crippen molar-refractivity contribution in [3.8, 4) is 0 Å². The average molecular weight is 245 g/mol. The largest absolute Gasteiger partial charge is 0.480 e. The molecule has 0 aromatic rings. The van der Waals surface area contributed by atoms with Gasteiger partial charge in [0.2, 0.25) is 5.91 Å². The highest BCUT2D eigenvalue weighted by molar-refractivity contribution is 8.00. The van der Waals surface area contributed by atoms with Crippen LogP contribution in [0.15, 0.2) is 0 Å². The van der Waals surface area contributed by atoms with Crippen LogP contribution >= 0.6 is 11.8 Å². The topological polar surface area (TPSA) is 66.4 Å². The third kappa shape index (κ3) is 4.04. The van der Waals surface area contributed by atoms with Crippen LogP contribution in [0.2, 0.25) is 0 Å². The Kier molecular flexibility index (Phi) is 5.12. The molecule has 1 rings (SSSR count). The van der Waals surface area contributed by atoms with Crippen molar-refractivity contribution in [2.75, 3.05) is 5.75 Å².